The molecule has 1 rings (SSSR count). The van der Waals surface area contributed by atoms with Gasteiger partial charge in [0.05, 0.1) is 0 Å². The Balaban J connectivity index is 0.000000145. The lowest BCUT2D eigenvalue weighted by atomic mass is 10.5. The number of nitrogens with one attached hydrogen (secondary N) is 1. The van der Waals surface area contributed by atoms with Crippen LogP contribution in [-0.2, 0) is 0 Å². The van der Waals surface area contributed by atoms with Gasteiger partial charge in [0.25, 0.3) is 0 Å². The van der Waals surface area contributed by atoms with E-state index in [1.807, 2.05) is 6.20 Å². The number of hydrogen-bond acceptors (Lipinski definition) is 3. The van der Waals surface area contributed by atoms with Crippen molar-refractivity contribution < 1.29 is 10.0 Å². The minimum Gasteiger partial charge on any atom is -0.429 e. The zero-order valence-electron chi connectivity index (χ0n) is 4.54. The van der Waals surface area contributed by atoms with Crippen molar-refractivity contribution in [1.29, 1.82) is 0 Å². The van der Waals surface area contributed by atoms with E-state index in [9.17, 15) is 0 Å². The Morgan fingerprint density at radius 1 is 1.50 bits per heavy atom. The van der Waals surface area contributed by atoms with E-state index in [1.54, 1.807) is 0 Å². The Labute approximate surface area is 49.3 Å². The van der Waals surface area contributed by atoms with Crippen LogP contribution in [0.2, 0.25) is 0 Å². The van der Waals surface area contributed by atoms with Crippen LogP contribution in [0.5, 0.6) is 0 Å². The van der Waals surface area contributed by atoms with Crippen LogP contribution in [0.1, 0.15) is 6.42 Å². The summed E-state index contributed by atoms with van der Waals surface area (Å²) in [6.07, 6.45) is 5.32. The molecule has 0 aromatic carbocycles. The second-order valence-corrected chi connectivity index (χ2v) is 1.26. The molecule has 0 aromatic heterocycles. The van der Waals surface area contributed by atoms with Crippen LogP contribution in [0.3, 0.4) is 0 Å². The molecule has 1 heterocycles. The van der Waals surface area contributed by atoms with Crippen molar-refractivity contribution >= 4 is 7.69 Å². The first-order valence-corrected chi connectivity index (χ1v) is 2.40. The summed E-state index contributed by atoms with van der Waals surface area (Å²) in [6, 6.07) is 0. The maximum atomic E-state index is 7.00. The van der Waals surface area contributed by atoms with Crippen LogP contribution in [0.15, 0.2) is 12.3 Å². The molecule has 0 saturated heterocycles. The molecule has 0 fully saturated rings. The van der Waals surface area contributed by atoms with E-state index < -0.39 is 0 Å². The molecule has 0 unspecified atom stereocenters. The lowest BCUT2D eigenvalue weighted by molar-refractivity contribution is 0.448. The highest BCUT2D eigenvalue weighted by Gasteiger charge is 1.81. The third-order valence-corrected chi connectivity index (χ3v) is 0.691. The molecule has 0 spiro atoms. The van der Waals surface area contributed by atoms with Crippen molar-refractivity contribution in [3.8, 4) is 0 Å². The number of hydrogen-bond donors (Lipinski definition) is 3. The van der Waals surface area contributed by atoms with Crippen LogP contribution in [0.25, 0.3) is 0 Å². The summed E-state index contributed by atoms with van der Waals surface area (Å²) >= 11 is 0. The second-order valence-electron chi connectivity index (χ2n) is 1.26. The normalized spacial score (nSPS) is 13.8. The van der Waals surface area contributed by atoms with Crippen LogP contribution < -0.4 is 5.32 Å². The fourth-order valence-corrected chi connectivity index (χ4v) is 0.417. The minimum absolute atomic E-state index is 0. The Kier molecular flexibility index (Phi) is 6.14. The van der Waals surface area contributed by atoms with Crippen molar-refractivity contribution in [3.63, 3.8) is 0 Å². The molecule has 45 valence electrons. The van der Waals surface area contributed by atoms with Crippen LogP contribution >= 0.6 is 0 Å². The van der Waals surface area contributed by atoms with E-state index in [0.717, 1.165) is 6.54 Å². The van der Waals surface area contributed by atoms with Crippen molar-refractivity contribution in [2.75, 3.05) is 6.54 Å². The fraction of sp³-hybridized carbons (Fsp3) is 0.500. The molecule has 3 nitrogen and oxygen atoms in total. The molecule has 0 saturated carbocycles. The highest BCUT2D eigenvalue weighted by atomic mass is 16.4. The first kappa shape index (κ1) is 7.52. The molecular weight excluding hydrogens is 105 g/mol. The molecule has 0 bridgehead atoms. The molecule has 0 aliphatic carbocycles. The number of rotatable bonds is 0. The molecule has 4 heteroatoms. The standard InChI is InChI=1S/C4H7N.BH2O2/c1-2-4-5-3-1;2-1-3/h1,3,5H,2,4H2;2-3H. The minimum atomic E-state index is 0. The molecule has 1 aliphatic rings. The van der Waals surface area contributed by atoms with Gasteiger partial charge in [0, 0.05) is 6.54 Å². The Bertz CT molecular complexity index is 61.1. The maximum absolute atomic E-state index is 7.00. The van der Waals surface area contributed by atoms with E-state index in [2.05, 4.69) is 11.4 Å². The van der Waals surface area contributed by atoms with Gasteiger partial charge in [0.15, 0.2) is 0 Å². The molecule has 0 atom stereocenters. The predicted octanol–water partition coefficient (Wildman–Crippen LogP) is -1.00. The summed E-state index contributed by atoms with van der Waals surface area (Å²) in [5, 5.41) is 17.0. The first-order valence-electron chi connectivity index (χ1n) is 2.40. The van der Waals surface area contributed by atoms with Crippen LogP contribution in [-0.4, -0.2) is 24.3 Å². The van der Waals surface area contributed by atoms with E-state index in [0.29, 0.717) is 0 Å². The quantitative estimate of drug-likeness (QED) is 0.354. The average molecular weight is 114 g/mol. The van der Waals surface area contributed by atoms with Crippen LogP contribution in [0.4, 0.5) is 0 Å². The van der Waals surface area contributed by atoms with Gasteiger partial charge in [-0.1, -0.05) is 6.08 Å². The molecule has 1 radical (unpaired) electrons. The topological polar surface area (TPSA) is 52.5 Å². The first-order chi connectivity index (χ1) is 3.91. The monoisotopic (exact) mass is 114 g/mol. The fourth-order valence-electron chi connectivity index (χ4n) is 0.417. The van der Waals surface area contributed by atoms with E-state index >= 15 is 0 Å². The van der Waals surface area contributed by atoms with E-state index in [-0.39, 0.29) is 7.69 Å². The van der Waals surface area contributed by atoms with Gasteiger partial charge in [-0.05, 0) is 12.6 Å². The molecular formula is C4H9BNO2. The zero-order chi connectivity index (χ0) is 6.24. The summed E-state index contributed by atoms with van der Waals surface area (Å²) < 4.78 is 0. The molecule has 0 amide bonds. The Morgan fingerprint density at radius 2 is 2.12 bits per heavy atom. The van der Waals surface area contributed by atoms with Crippen molar-refractivity contribution in [2.45, 2.75) is 6.42 Å². The van der Waals surface area contributed by atoms with E-state index in [4.69, 9.17) is 10.0 Å². The van der Waals surface area contributed by atoms with E-state index in [1.165, 1.54) is 6.42 Å². The van der Waals surface area contributed by atoms with Gasteiger partial charge < -0.3 is 15.4 Å². The maximum Gasteiger partial charge on any atom is 0.482 e. The molecule has 1 aliphatic heterocycles. The Morgan fingerprint density at radius 3 is 2.25 bits per heavy atom. The zero-order valence-corrected chi connectivity index (χ0v) is 4.54. The summed E-state index contributed by atoms with van der Waals surface area (Å²) in [5.74, 6) is 0. The lowest BCUT2D eigenvalue weighted by Crippen LogP contribution is -1.96. The summed E-state index contributed by atoms with van der Waals surface area (Å²) in [5.41, 5.74) is 0. The van der Waals surface area contributed by atoms with Crippen molar-refractivity contribution in [1.82, 2.24) is 5.32 Å². The summed E-state index contributed by atoms with van der Waals surface area (Å²) in [6.45, 7) is 1.14. The van der Waals surface area contributed by atoms with Gasteiger partial charge in [0.1, 0.15) is 0 Å². The highest BCUT2D eigenvalue weighted by molar-refractivity contribution is 6.13. The van der Waals surface area contributed by atoms with Gasteiger partial charge in [-0.2, -0.15) is 0 Å². The SMILES string of the molecule is C1=CNCC1.O[B]O. The van der Waals surface area contributed by atoms with Gasteiger partial charge in [0.2, 0.25) is 0 Å². The third-order valence-electron chi connectivity index (χ3n) is 0.691. The summed E-state index contributed by atoms with van der Waals surface area (Å²) in [7, 11) is 0. The van der Waals surface area contributed by atoms with Gasteiger partial charge in [-0.25, -0.2) is 0 Å². The summed E-state index contributed by atoms with van der Waals surface area (Å²) in [4.78, 5) is 0. The van der Waals surface area contributed by atoms with Gasteiger partial charge >= 0.3 is 7.69 Å². The molecule has 8 heavy (non-hydrogen) atoms. The highest BCUT2D eigenvalue weighted by Crippen LogP contribution is 1.84. The predicted molar refractivity (Wildman–Crippen MR) is 32.0 cm³/mol. The lowest BCUT2D eigenvalue weighted by Gasteiger charge is -1.78. The van der Waals surface area contributed by atoms with Crippen LogP contribution in [0, 0.1) is 0 Å². The van der Waals surface area contributed by atoms with Gasteiger partial charge in [-0.3, -0.25) is 0 Å². The second kappa shape index (κ2) is 6.52. The smallest absolute Gasteiger partial charge is 0.429 e. The van der Waals surface area contributed by atoms with Crippen molar-refractivity contribution in [3.05, 3.63) is 12.3 Å². The van der Waals surface area contributed by atoms with Crippen molar-refractivity contribution in [2.24, 2.45) is 0 Å². The third kappa shape index (κ3) is 5.52. The Hall–Kier alpha value is -0.475. The molecule has 3 N–H and O–H groups in total. The largest absolute Gasteiger partial charge is 0.482 e. The molecule has 0 aromatic rings. The van der Waals surface area contributed by atoms with Gasteiger partial charge in [-0.15, -0.1) is 0 Å². The average Bonchev–Trinajstić information content (AvgIpc) is 2.17.